The Kier molecular flexibility index (Phi) is 6.05. The number of nitrogens with zero attached hydrogens (tertiary/aromatic N) is 2. The fourth-order valence-electron chi connectivity index (χ4n) is 3.15. The Morgan fingerprint density at radius 2 is 1.78 bits per heavy atom. The zero-order valence-electron chi connectivity index (χ0n) is 17.3. The van der Waals surface area contributed by atoms with Crippen LogP contribution in [0.25, 0.3) is 16.6 Å². The number of halogens is 2. The van der Waals surface area contributed by atoms with Crippen LogP contribution in [0.5, 0.6) is 0 Å². The third-order valence-electron chi connectivity index (χ3n) is 4.88. The molecule has 0 saturated heterocycles. The highest BCUT2D eigenvalue weighted by molar-refractivity contribution is 8.00. The largest absolute Gasteiger partial charge is 0.323 e. The molecule has 162 valence electrons. The highest BCUT2D eigenvalue weighted by Gasteiger charge is 2.21. The summed E-state index contributed by atoms with van der Waals surface area (Å²) in [5.74, 6) is -2.10. The summed E-state index contributed by atoms with van der Waals surface area (Å²) in [5, 5.41) is 2.54. The molecule has 0 radical (unpaired) electrons. The fourth-order valence-corrected chi connectivity index (χ4v) is 4.08. The number of aromatic nitrogens is 2. The lowest BCUT2D eigenvalue weighted by molar-refractivity contribution is -0.115. The van der Waals surface area contributed by atoms with Crippen LogP contribution in [0, 0.1) is 18.6 Å². The summed E-state index contributed by atoms with van der Waals surface area (Å²) >= 11 is 1.08. The molecule has 4 rings (SSSR count). The van der Waals surface area contributed by atoms with Gasteiger partial charge in [-0.3, -0.25) is 14.2 Å². The second-order valence-electron chi connectivity index (χ2n) is 7.26. The summed E-state index contributed by atoms with van der Waals surface area (Å²) in [7, 11) is 0. The Morgan fingerprint density at radius 3 is 2.50 bits per heavy atom. The third-order valence-corrected chi connectivity index (χ3v) is 5.93. The van der Waals surface area contributed by atoms with E-state index in [0.717, 1.165) is 29.5 Å². The van der Waals surface area contributed by atoms with Crippen LogP contribution in [0.3, 0.4) is 0 Å². The van der Waals surface area contributed by atoms with Gasteiger partial charge < -0.3 is 5.32 Å². The Hall–Kier alpha value is -3.52. The maximum absolute atomic E-state index is 13.9. The summed E-state index contributed by atoms with van der Waals surface area (Å²) in [6.45, 7) is 3.57. The Bertz CT molecular complexity index is 1370. The molecule has 0 saturated carbocycles. The Balaban J connectivity index is 1.71. The van der Waals surface area contributed by atoms with Crippen molar-refractivity contribution in [2.45, 2.75) is 24.3 Å². The molecule has 1 atom stereocenters. The van der Waals surface area contributed by atoms with Crippen molar-refractivity contribution in [3.63, 3.8) is 0 Å². The molecule has 3 aromatic carbocycles. The first kappa shape index (κ1) is 21.7. The van der Waals surface area contributed by atoms with E-state index in [2.05, 4.69) is 10.3 Å². The standard InChI is InChI=1S/C24H19F2N3O2S/c1-14-7-10-17(11-8-14)29-23(31)18-5-3-4-6-20(18)28-24(29)32-15(2)22(30)27-21-12-9-16(25)13-19(21)26/h3-13,15H,1-2H3,(H,27,30). The van der Waals surface area contributed by atoms with Crippen LogP contribution in [0.1, 0.15) is 12.5 Å². The van der Waals surface area contributed by atoms with Gasteiger partial charge in [-0.05, 0) is 50.2 Å². The zero-order valence-corrected chi connectivity index (χ0v) is 18.1. The molecule has 32 heavy (non-hydrogen) atoms. The van der Waals surface area contributed by atoms with Crippen molar-refractivity contribution in [2.24, 2.45) is 0 Å². The van der Waals surface area contributed by atoms with Crippen LogP contribution in [0.4, 0.5) is 14.5 Å². The predicted molar refractivity (Wildman–Crippen MR) is 122 cm³/mol. The van der Waals surface area contributed by atoms with Gasteiger partial charge in [0, 0.05) is 6.07 Å². The third kappa shape index (κ3) is 4.40. The minimum absolute atomic E-state index is 0.119. The highest BCUT2D eigenvalue weighted by atomic mass is 32.2. The van der Waals surface area contributed by atoms with Gasteiger partial charge in [0.25, 0.3) is 5.56 Å². The maximum atomic E-state index is 13.9. The number of hydrogen-bond acceptors (Lipinski definition) is 4. The van der Waals surface area contributed by atoms with Gasteiger partial charge in [0.1, 0.15) is 11.6 Å². The fraction of sp³-hybridized carbons (Fsp3) is 0.125. The number of carbonyl (C=O) groups excluding carboxylic acids is 1. The first-order valence-electron chi connectivity index (χ1n) is 9.85. The molecule has 0 spiro atoms. The number of benzene rings is 3. The number of thioether (sulfide) groups is 1. The summed E-state index contributed by atoms with van der Waals surface area (Å²) in [6, 6.07) is 17.3. The molecule has 0 bridgehead atoms. The number of para-hydroxylation sites is 1. The number of nitrogens with one attached hydrogen (secondary N) is 1. The number of aryl methyl sites for hydroxylation is 1. The van der Waals surface area contributed by atoms with Gasteiger partial charge in [0.15, 0.2) is 5.16 Å². The minimum atomic E-state index is -0.865. The topological polar surface area (TPSA) is 64.0 Å². The van der Waals surface area contributed by atoms with Crippen LogP contribution in [-0.2, 0) is 4.79 Å². The number of carbonyl (C=O) groups is 1. The number of amides is 1. The molecule has 0 aliphatic carbocycles. The second-order valence-corrected chi connectivity index (χ2v) is 8.57. The van der Waals surface area contributed by atoms with E-state index in [0.29, 0.717) is 27.8 Å². The molecular weight excluding hydrogens is 432 g/mol. The van der Waals surface area contributed by atoms with Crippen molar-refractivity contribution >= 4 is 34.3 Å². The monoisotopic (exact) mass is 451 g/mol. The van der Waals surface area contributed by atoms with E-state index >= 15 is 0 Å². The maximum Gasteiger partial charge on any atom is 0.266 e. The van der Waals surface area contributed by atoms with Crippen molar-refractivity contribution in [1.29, 1.82) is 0 Å². The van der Waals surface area contributed by atoms with E-state index in [1.165, 1.54) is 4.57 Å². The van der Waals surface area contributed by atoms with Crippen molar-refractivity contribution < 1.29 is 13.6 Å². The molecule has 0 aliphatic heterocycles. The summed E-state index contributed by atoms with van der Waals surface area (Å²) in [6.07, 6.45) is 0. The molecule has 0 aliphatic rings. The molecule has 1 N–H and O–H groups in total. The van der Waals surface area contributed by atoms with Crippen molar-refractivity contribution in [1.82, 2.24) is 9.55 Å². The van der Waals surface area contributed by atoms with Crippen molar-refractivity contribution in [3.05, 3.63) is 94.3 Å². The molecular formula is C24H19F2N3O2S. The lowest BCUT2D eigenvalue weighted by Crippen LogP contribution is -2.26. The van der Waals surface area contributed by atoms with Gasteiger partial charge in [0.2, 0.25) is 5.91 Å². The molecule has 1 aromatic heterocycles. The average molecular weight is 451 g/mol. The molecule has 1 heterocycles. The van der Waals surface area contributed by atoms with E-state index in [1.807, 2.05) is 31.2 Å². The van der Waals surface area contributed by atoms with Crippen LogP contribution in [0.2, 0.25) is 0 Å². The van der Waals surface area contributed by atoms with Crippen LogP contribution in [0.15, 0.2) is 76.7 Å². The van der Waals surface area contributed by atoms with Crippen LogP contribution in [-0.4, -0.2) is 20.7 Å². The molecule has 8 heteroatoms. The van der Waals surface area contributed by atoms with E-state index in [1.54, 1.807) is 31.2 Å². The zero-order chi connectivity index (χ0) is 22.8. The van der Waals surface area contributed by atoms with Crippen molar-refractivity contribution in [2.75, 3.05) is 5.32 Å². The summed E-state index contributed by atoms with van der Waals surface area (Å²) in [4.78, 5) is 30.6. The first-order valence-corrected chi connectivity index (χ1v) is 10.7. The number of anilines is 1. The number of fused-ring (bicyclic) bond motifs is 1. The SMILES string of the molecule is Cc1ccc(-n2c(SC(C)C(=O)Nc3ccc(F)cc3F)nc3ccccc3c2=O)cc1. The molecule has 1 amide bonds. The normalized spacial score (nSPS) is 12.0. The van der Waals surface area contributed by atoms with E-state index in [4.69, 9.17) is 0 Å². The van der Waals surface area contributed by atoms with Gasteiger partial charge in [-0.2, -0.15) is 0 Å². The first-order chi connectivity index (χ1) is 15.3. The summed E-state index contributed by atoms with van der Waals surface area (Å²) in [5.41, 5.74) is 1.81. The Labute approximate surface area is 187 Å². The number of rotatable bonds is 5. The Morgan fingerprint density at radius 1 is 1.06 bits per heavy atom. The smallest absolute Gasteiger partial charge is 0.266 e. The lowest BCUT2D eigenvalue weighted by atomic mass is 10.2. The second kappa shape index (κ2) is 8.92. The summed E-state index contributed by atoms with van der Waals surface area (Å²) < 4.78 is 28.5. The van der Waals surface area contributed by atoms with Gasteiger partial charge >= 0.3 is 0 Å². The molecule has 5 nitrogen and oxygen atoms in total. The van der Waals surface area contributed by atoms with E-state index < -0.39 is 22.8 Å². The molecule has 1 unspecified atom stereocenters. The van der Waals surface area contributed by atoms with Crippen LogP contribution < -0.4 is 10.9 Å². The number of hydrogen-bond donors (Lipinski definition) is 1. The average Bonchev–Trinajstić information content (AvgIpc) is 2.77. The van der Waals surface area contributed by atoms with Gasteiger partial charge in [-0.15, -0.1) is 0 Å². The highest BCUT2D eigenvalue weighted by Crippen LogP contribution is 2.26. The quantitative estimate of drug-likeness (QED) is 0.339. The molecule has 0 fully saturated rings. The van der Waals surface area contributed by atoms with Crippen LogP contribution >= 0.6 is 11.8 Å². The van der Waals surface area contributed by atoms with E-state index in [-0.39, 0.29) is 11.2 Å². The van der Waals surface area contributed by atoms with Gasteiger partial charge in [-0.25, -0.2) is 13.8 Å². The minimum Gasteiger partial charge on any atom is -0.323 e. The predicted octanol–water partition coefficient (Wildman–Crippen LogP) is 5.09. The lowest BCUT2D eigenvalue weighted by Gasteiger charge is -2.17. The van der Waals surface area contributed by atoms with E-state index in [9.17, 15) is 18.4 Å². The van der Waals surface area contributed by atoms with Gasteiger partial charge in [0.05, 0.1) is 27.5 Å². The molecule has 4 aromatic rings. The van der Waals surface area contributed by atoms with Gasteiger partial charge in [-0.1, -0.05) is 41.6 Å². The van der Waals surface area contributed by atoms with Crippen molar-refractivity contribution in [3.8, 4) is 5.69 Å².